The molecule has 0 spiro atoms. The average molecular weight is 495 g/mol. The summed E-state index contributed by atoms with van der Waals surface area (Å²) >= 11 is 0. The first kappa shape index (κ1) is 24.1. The fraction of sp³-hybridized carbons (Fsp3) is 0.929. The predicted molar refractivity (Wildman–Crippen MR) is 123 cm³/mol. The van der Waals surface area contributed by atoms with E-state index >= 15 is 0 Å². The van der Waals surface area contributed by atoms with Crippen LogP contribution >= 0.6 is 0 Å². The van der Waals surface area contributed by atoms with Gasteiger partial charge in [-0.2, -0.15) is 8.78 Å². The third-order valence-corrected chi connectivity index (χ3v) is 10.6. The molecule has 0 radical (unpaired) electrons. The Kier molecular flexibility index (Phi) is 5.60. The van der Waals surface area contributed by atoms with Crippen molar-refractivity contribution in [1.29, 1.82) is 0 Å². The largest absolute Gasteiger partial charge is 0.455 e. The molecule has 0 aliphatic heterocycles. The highest BCUT2D eigenvalue weighted by molar-refractivity contribution is 5.79. The van der Waals surface area contributed by atoms with E-state index in [2.05, 4.69) is 0 Å². The minimum atomic E-state index is -3.49. The van der Waals surface area contributed by atoms with Crippen LogP contribution in [0.15, 0.2) is 0 Å². The summed E-state index contributed by atoms with van der Waals surface area (Å²) in [5.41, 5.74) is -1.48. The zero-order valence-electron chi connectivity index (χ0n) is 21.2. The molecule has 0 aromatic heterocycles. The number of halogens is 2. The Hall–Kier alpha value is -1.24. The summed E-state index contributed by atoms with van der Waals surface area (Å²) in [4.78, 5) is 25.8. The Bertz CT molecular complexity index is 835. The standard InChI is InChI=1S/C28H40F2O5/c1-3-28(29,30)24(32)35-27-13-21-7-22(14-27)12-26(11-21,15-27)23(31)34-17(2)33-16-25-8-18-4-19(9-25)6-20(5-18)10-25/h17-22H,3-16H2,1-2H3. The highest BCUT2D eigenvalue weighted by Crippen LogP contribution is 2.64. The second-order valence-corrected chi connectivity index (χ2v) is 13.6. The normalized spacial score (nSPS) is 46.0. The van der Waals surface area contributed by atoms with E-state index in [1.807, 2.05) is 0 Å². The summed E-state index contributed by atoms with van der Waals surface area (Å²) < 4.78 is 45.7. The van der Waals surface area contributed by atoms with E-state index in [1.165, 1.54) is 45.4 Å². The molecule has 196 valence electrons. The highest BCUT2D eigenvalue weighted by Gasteiger charge is 2.64. The molecule has 8 aliphatic rings. The average Bonchev–Trinajstić information content (AvgIpc) is 2.75. The van der Waals surface area contributed by atoms with Crippen molar-refractivity contribution in [3.8, 4) is 0 Å². The molecule has 0 amide bonds. The van der Waals surface area contributed by atoms with Gasteiger partial charge in [0.2, 0.25) is 0 Å². The molecule has 5 nitrogen and oxygen atoms in total. The van der Waals surface area contributed by atoms with Crippen LogP contribution in [-0.4, -0.2) is 36.4 Å². The number of rotatable bonds is 8. The molecule has 8 fully saturated rings. The molecule has 3 atom stereocenters. The van der Waals surface area contributed by atoms with E-state index in [1.54, 1.807) is 6.92 Å². The quantitative estimate of drug-likeness (QED) is 0.304. The fourth-order valence-electron chi connectivity index (χ4n) is 10.0. The maximum atomic E-state index is 14.0. The first-order valence-electron chi connectivity index (χ1n) is 14.0. The molecule has 8 aliphatic carbocycles. The van der Waals surface area contributed by atoms with Crippen LogP contribution in [0, 0.1) is 40.4 Å². The second-order valence-electron chi connectivity index (χ2n) is 13.6. The molecule has 0 aromatic carbocycles. The van der Waals surface area contributed by atoms with Crippen LogP contribution in [0.5, 0.6) is 0 Å². The predicted octanol–water partition coefficient (Wildman–Crippen LogP) is 6.04. The number of alkyl halides is 2. The van der Waals surface area contributed by atoms with Crippen LogP contribution in [-0.2, 0) is 23.8 Å². The molecule has 0 saturated heterocycles. The molecule has 3 unspecified atom stereocenters. The third kappa shape index (κ3) is 4.21. The summed E-state index contributed by atoms with van der Waals surface area (Å²) in [6.45, 7) is 3.73. The number of hydrogen-bond acceptors (Lipinski definition) is 5. The van der Waals surface area contributed by atoms with Crippen molar-refractivity contribution in [2.45, 2.75) is 115 Å². The number of esters is 2. The maximum absolute atomic E-state index is 14.0. The van der Waals surface area contributed by atoms with E-state index < -0.39 is 35.6 Å². The summed E-state index contributed by atoms with van der Waals surface area (Å²) in [5.74, 6) is -2.30. The lowest BCUT2D eigenvalue weighted by molar-refractivity contribution is -0.236. The lowest BCUT2D eigenvalue weighted by Crippen LogP contribution is -2.61. The Balaban J connectivity index is 1.10. The summed E-state index contributed by atoms with van der Waals surface area (Å²) in [6, 6.07) is 0. The first-order chi connectivity index (χ1) is 16.5. The van der Waals surface area contributed by atoms with Gasteiger partial charge in [0.25, 0.3) is 0 Å². The number of carbonyl (C=O) groups excluding carboxylic acids is 2. The van der Waals surface area contributed by atoms with Gasteiger partial charge in [0, 0.05) is 12.8 Å². The Morgan fingerprint density at radius 2 is 1.43 bits per heavy atom. The van der Waals surface area contributed by atoms with Gasteiger partial charge in [0.05, 0.1) is 12.0 Å². The lowest BCUT2D eigenvalue weighted by Gasteiger charge is -2.60. The van der Waals surface area contributed by atoms with Crippen LogP contribution in [0.2, 0.25) is 0 Å². The van der Waals surface area contributed by atoms with Gasteiger partial charge in [-0.25, -0.2) is 4.79 Å². The zero-order chi connectivity index (χ0) is 24.6. The van der Waals surface area contributed by atoms with Crippen LogP contribution in [0.3, 0.4) is 0 Å². The van der Waals surface area contributed by atoms with Gasteiger partial charge in [-0.15, -0.1) is 0 Å². The molecular weight excluding hydrogens is 454 g/mol. The highest BCUT2D eigenvalue weighted by atomic mass is 19.3. The summed E-state index contributed by atoms with van der Waals surface area (Å²) in [6.07, 6.45) is 10.4. The van der Waals surface area contributed by atoms with Crippen molar-refractivity contribution < 1.29 is 32.6 Å². The van der Waals surface area contributed by atoms with E-state index in [0.717, 1.165) is 24.2 Å². The van der Waals surface area contributed by atoms with Gasteiger partial charge in [0.15, 0.2) is 6.29 Å². The molecule has 8 rings (SSSR count). The number of ether oxygens (including phenoxy) is 3. The van der Waals surface area contributed by atoms with Crippen molar-refractivity contribution in [3.05, 3.63) is 0 Å². The fourth-order valence-corrected chi connectivity index (χ4v) is 10.0. The van der Waals surface area contributed by atoms with Crippen molar-refractivity contribution in [2.75, 3.05) is 6.61 Å². The van der Waals surface area contributed by atoms with Gasteiger partial charge in [0.1, 0.15) is 5.60 Å². The SMILES string of the molecule is CCC(F)(F)C(=O)OC12CC3CC(C1)CC(C(=O)OC(C)OCC14CC5CC(CC(C5)C1)C4)(C3)C2. The van der Waals surface area contributed by atoms with Crippen LogP contribution < -0.4 is 0 Å². The zero-order valence-corrected chi connectivity index (χ0v) is 21.2. The van der Waals surface area contributed by atoms with Crippen LogP contribution in [0.25, 0.3) is 0 Å². The molecule has 8 saturated carbocycles. The minimum absolute atomic E-state index is 0.204. The first-order valence-corrected chi connectivity index (χ1v) is 14.0. The van der Waals surface area contributed by atoms with Gasteiger partial charge >= 0.3 is 17.9 Å². The van der Waals surface area contributed by atoms with E-state index in [0.29, 0.717) is 38.7 Å². The van der Waals surface area contributed by atoms with Crippen molar-refractivity contribution in [2.24, 2.45) is 40.4 Å². The Morgan fingerprint density at radius 3 is 1.97 bits per heavy atom. The van der Waals surface area contributed by atoms with Crippen molar-refractivity contribution in [1.82, 2.24) is 0 Å². The smallest absolute Gasteiger partial charge is 0.377 e. The van der Waals surface area contributed by atoms with Crippen LogP contribution in [0.4, 0.5) is 8.78 Å². The van der Waals surface area contributed by atoms with Gasteiger partial charge in [-0.3, -0.25) is 4.79 Å². The molecular formula is C28H40F2O5. The minimum Gasteiger partial charge on any atom is -0.455 e. The number of hydrogen-bond donors (Lipinski definition) is 0. The molecule has 0 N–H and O–H groups in total. The van der Waals surface area contributed by atoms with Crippen molar-refractivity contribution >= 4 is 11.9 Å². The molecule has 0 aromatic rings. The van der Waals surface area contributed by atoms with Gasteiger partial charge in [-0.05, 0) is 113 Å². The monoisotopic (exact) mass is 494 g/mol. The van der Waals surface area contributed by atoms with E-state index in [9.17, 15) is 18.4 Å². The van der Waals surface area contributed by atoms with E-state index in [4.69, 9.17) is 14.2 Å². The van der Waals surface area contributed by atoms with Crippen molar-refractivity contribution in [3.63, 3.8) is 0 Å². The topological polar surface area (TPSA) is 61.8 Å². The maximum Gasteiger partial charge on any atom is 0.377 e. The second kappa shape index (κ2) is 8.13. The van der Waals surface area contributed by atoms with Gasteiger partial charge in [-0.1, -0.05) is 6.92 Å². The Labute approximate surface area is 207 Å². The lowest BCUT2D eigenvalue weighted by atomic mass is 9.48. The van der Waals surface area contributed by atoms with Gasteiger partial charge < -0.3 is 14.2 Å². The molecule has 8 bridgehead atoms. The van der Waals surface area contributed by atoms with E-state index in [-0.39, 0.29) is 23.2 Å². The molecule has 7 heteroatoms. The Morgan fingerprint density at radius 1 is 0.886 bits per heavy atom. The summed E-state index contributed by atoms with van der Waals surface area (Å²) in [5, 5.41) is 0. The van der Waals surface area contributed by atoms with Crippen LogP contribution in [0.1, 0.15) is 97.3 Å². The number of carbonyl (C=O) groups is 2. The third-order valence-electron chi connectivity index (χ3n) is 10.6. The summed E-state index contributed by atoms with van der Waals surface area (Å²) in [7, 11) is 0. The molecule has 35 heavy (non-hydrogen) atoms. The molecule has 0 heterocycles.